The summed E-state index contributed by atoms with van der Waals surface area (Å²) in [7, 11) is 1.72. The fourth-order valence-corrected chi connectivity index (χ4v) is 5.08. The highest BCUT2D eigenvalue weighted by Crippen LogP contribution is 2.43. The first-order valence-electron chi connectivity index (χ1n) is 9.66. The van der Waals surface area contributed by atoms with Crippen LogP contribution in [-0.2, 0) is 14.2 Å². The smallest absolute Gasteiger partial charge is 0.157 e. The Morgan fingerprint density at radius 3 is 2.71 bits per heavy atom. The molecule has 2 aromatic heterocycles. The molecule has 154 valence electrons. The molecule has 0 bridgehead atoms. The molecule has 0 radical (unpaired) electrons. The molecule has 28 heavy (non-hydrogen) atoms. The summed E-state index contributed by atoms with van der Waals surface area (Å²) in [6, 6.07) is 0. The van der Waals surface area contributed by atoms with Crippen LogP contribution >= 0.6 is 11.3 Å². The van der Waals surface area contributed by atoms with Crippen LogP contribution in [0, 0.1) is 13.8 Å². The predicted molar refractivity (Wildman–Crippen MR) is 107 cm³/mol. The van der Waals surface area contributed by atoms with Gasteiger partial charge in [0.2, 0.25) is 0 Å². The van der Waals surface area contributed by atoms with Crippen molar-refractivity contribution in [2.24, 2.45) is 0 Å². The Bertz CT molecular complexity index is 846. The number of aliphatic hydroxyl groups is 1. The van der Waals surface area contributed by atoms with Crippen molar-refractivity contribution in [3.05, 3.63) is 16.1 Å². The Labute approximate surface area is 168 Å². The first-order chi connectivity index (χ1) is 13.4. The number of anilines is 1. The van der Waals surface area contributed by atoms with Gasteiger partial charge in [-0.05, 0) is 32.3 Å². The minimum absolute atomic E-state index is 0.150. The number of rotatable bonds is 6. The Kier molecular flexibility index (Phi) is 5.56. The first-order valence-corrected chi connectivity index (χ1v) is 10.5. The van der Waals surface area contributed by atoms with E-state index in [9.17, 15) is 5.11 Å². The van der Waals surface area contributed by atoms with E-state index in [1.807, 2.05) is 18.7 Å². The lowest BCUT2D eigenvalue weighted by molar-refractivity contribution is -0.209. The fraction of sp³-hybridized carbons (Fsp3) is 0.684. The SMILES string of the molecule is COC1(CCC2OCCCO2)CN(C(O)c2sc3nnc(C)c(C)c3c2N)C1. The summed E-state index contributed by atoms with van der Waals surface area (Å²) in [4.78, 5) is 3.46. The summed E-state index contributed by atoms with van der Waals surface area (Å²) in [5.41, 5.74) is 8.55. The number of aromatic nitrogens is 2. The van der Waals surface area contributed by atoms with E-state index in [0.717, 1.165) is 58.8 Å². The summed E-state index contributed by atoms with van der Waals surface area (Å²) in [6.45, 7) is 6.67. The zero-order valence-electron chi connectivity index (χ0n) is 16.6. The molecule has 0 aromatic carbocycles. The van der Waals surface area contributed by atoms with Gasteiger partial charge in [-0.2, -0.15) is 5.10 Å². The van der Waals surface area contributed by atoms with E-state index in [-0.39, 0.29) is 11.9 Å². The van der Waals surface area contributed by atoms with E-state index in [2.05, 4.69) is 10.2 Å². The van der Waals surface area contributed by atoms with E-state index >= 15 is 0 Å². The van der Waals surface area contributed by atoms with Crippen molar-refractivity contribution in [1.29, 1.82) is 0 Å². The number of nitrogens with two attached hydrogens (primary N) is 1. The summed E-state index contributed by atoms with van der Waals surface area (Å²) >= 11 is 1.41. The normalized spacial score (nSPS) is 21.7. The van der Waals surface area contributed by atoms with Gasteiger partial charge in [0.05, 0.1) is 35.1 Å². The minimum atomic E-state index is -0.774. The van der Waals surface area contributed by atoms with Gasteiger partial charge >= 0.3 is 0 Å². The molecule has 3 N–H and O–H groups in total. The van der Waals surface area contributed by atoms with Gasteiger partial charge in [0, 0.05) is 32.0 Å². The maximum Gasteiger partial charge on any atom is 0.157 e. The third-order valence-electron chi connectivity index (χ3n) is 5.89. The van der Waals surface area contributed by atoms with Crippen LogP contribution in [0.5, 0.6) is 0 Å². The number of fused-ring (bicyclic) bond motifs is 1. The molecule has 0 amide bonds. The Morgan fingerprint density at radius 1 is 1.32 bits per heavy atom. The van der Waals surface area contributed by atoms with Gasteiger partial charge in [-0.1, -0.05) is 0 Å². The number of aryl methyl sites for hydroxylation is 2. The van der Waals surface area contributed by atoms with Crippen molar-refractivity contribution in [3.8, 4) is 0 Å². The van der Waals surface area contributed by atoms with E-state index in [1.54, 1.807) is 7.11 Å². The number of nitrogens with zero attached hydrogens (tertiary/aromatic N) is 3. The van der Waals surface area contributed by atoms with Crippen molar-refractivity contribution < 1.29 is 19.3 Å². The lowest BCUT2D eigenvalue weighted by Crippen LogP contribution is -2.63. The van der Waals surface area contributed by atoms with E-state index in [0.29, 0.717) is 18.8 Å². The van der Waals surface area contributed by atoms with Gasteiger partial charge in [0.1, 0.15) is 11.1 Å². The highest BCUT2D eigenvalue weighted by molar-refractivity contribution is 7.19. The van der Waals surface area contributed by atoms with E-state index in [4.69, 9.17) is 19.9 Å². The molecule has 0 saturated carbocycles. The average molecular weight is 409 g/mol. The van der Waals surface area contributed by atoms with Crippen LogP contribution in [-0.4, -0.2) is 65.5 Å². The monoisotopic (exact) mass is 408 g/mol. The van der Waals surface area contributed by atoms with E-state index in [1.165, 1.54) is 11.3 Å². The second-order valence-corrected chi connectivity index (χ2v) is 8.73. The molecule has 1 unspecified atom stereocenters. The summed E-state index contributed by atoms with van der Waals surface area (Å²) in [6.07, 6.45) is 1.64. The van der Waals surface area contributed by atoms with E-state index < -0.39 is 6.23 Å². The van der Waals surface area contributed by atoms with Gasteiger partial charge in [-0.3, -0.25) is 4.90 Å². The van der Waals surface area contributed by atoms with Crippen LogP contribution in [0.15, 0.2) is 0 Å². The van der Waals surface area contributed by atoms with Gasteiger partial charge in [-0.25, -0.2) is 0 Å². The molecule has 4 rings (SSSR count). The van der Waals surface area contributed by atoms with Crippen molar-refractivity contribution in [2.75, 3.05) is 39.1 Å². The van der Waals surface area contributed by atoms with Crippen LogP contribution in [0.3, 0.4) is 0 Å². The third kappa shape index (κ3) is 3.51. The minimum Gasteiger partial charge on any atom is -0.397 e. The molecule has 0 spiro atoms. The molecule has 9 heteroatoms. The summed E-state index contributed by atoms with van der Waals surface area (Å²) < 4.78 is 17.1. The number of likely N-dealkylation sites (tertiary alicyclic amines) is 1. The molecule has 0 aliphatic carbocycles. The standard InChI is InChI=1S/C19H28N4O4S/c1-11-12(2)21-22-17-14(11)15(20)16(28-17)18(24)23-9-19(10-23,25-3)6-5-13-26-7-4-8-27-13/h13,18,24H,4-10,20H2,1-3H3. The second kappa shape index (κ2) is 7.81. The first kappa shape index (κ1) is 19.9. The third-order valence-corrected chi connectivity index (χ3v) is 7.02. The molecule has 8 nitrogen and oxygen atoms in total. The maximum atomic E-state index is 10.9. The number of aliphatic hydroxyl groups excluding tert-OH is 1. The van der Waals surface area contributed by atoms with Gasteiger partial charge in [0.25, 0.3) is 0 Å². The number of methoxy groups -OCH3 is 1. The molecule has 2 saturated heterocycles. The summed E-state index contributed by atoms with van der Waals surface area (Å²) in [5.74, 6) is 0. The van der Waals surface area contributed by atoms with Crippen LogP contribution in [0.25, 0.3) is 10.2 Å². The van der Waals surface area contributed by atoms with Crippen LogP contribution in [0.2, 0.25) is 0 Å². The van der Waals surface area contributed by atoms with Gasteiger partial charge < -0.3 is 25.1 Å². The van der Waals surface area contributed by atoms with Crippen LogP contribution in [0.4, 0.5) is 5.69 Å². The number of nitrogen functional groups attached to an aromatic ring is 1. The molecule has 1 atom stereocenters. The predicted octanol–water partition coefficient (Wildman–Crippen LogP) is 2.13. The fourth-order valence-electron chi connectivity index (χ4n) is 3.96. The highest BCUT2D eigenvalue weighted by Gasteiger charge is 2.47. The quantitative estimate of drug-likeness (QED) is 0.749. The number of hydrogen-bond donors (Lipinski definition) is 2. The Balaban J connectivity index is 1.44. The highest BCUT2D eigenvalue weighted by atomic mass is 32.1. The molecule has 2 aliphatic rings. The molecule has 4 heterocycles. The van der Waals surface area contributed by atoms with Crippen molar-refractivity contribution >= 4 is 27.2 Å². The Hall–Kier alpha value is -1.36. The lowest BCUT2D eigenvalue weighted by Gasteiger charge is -2.51. The largest absolute Gasteiger partial charge is 0.397 e. The zero-order chi connectivity index (χ0) is 19.9. The number of hydrogen-bond acceptors (Lipinski definition) is 9. The number of thiophene rings is 1. The van der Waals surface area contributed by atoms with Crippen molar-refractivity contribution in [2.45, 2.75) is 51.2 Å². The van der Waals surface area contributed by atoms with Crippen LogP contribution < -0.4 is 5.73 Å². The van der Waals surface area contributed by atoms with Crippen molar-refractivity contribution in [1.82, 2.24) is 15.1 Å². The lowest BCUT2D eigenvalue weighted by atomic mass is 9.88. The van der Waals surface area contributed by atoms with Crippen molar-refractivity contribution in [3.63, 3.8) is 0 Å². The molecule has 2 fully saturated rings. The van der Waals surface area contributed by atoms with Gasteiger partial charge in [0.15, 0.2) is 6.29 Å². The molecular formula is C19H28N4O4S. The van der Waals surface area contributed by atoms with Gasteiger partial charge in [-0.15, -0.1) is 16.4 Å². The zero-order valence-corrected chi connectivity index (χ0v) is 17.4. The average Bonchev–Trinajstić information content (AvgIpc) is 3.02. The Morgan fingerprint density at radius 2 is 2.04 bits per heavy atom. The molecule has 2 aliphatic heterocycles. The molecule has 2 aromatic rings. The van der Waals surface area contributed by atoms with Crippen LogP contribution in [0.1, 0.15) is 41.6 Å². The summed E-state index contributed by atoms with van der Waals surface area (Å²) in [5, 5.41) is 20.2. The second-order valence-electron chi connectivity index (χ2n) is 7.70. The number of ether oxygens (including phenoxy) is 3. The molecular weight excluding hydrogens is 380 g/mol. The topological polar surface area (TPSA) is 103 Å². The maximum absolute atomic E-state index is 10.9.